The first-order valence-electron chi connectivity index (χ1n) is 12.7. The largest absolute Gasteiger partial charge is 0.573 e. The molecule has 1 fully saturated rings. The first-order valence-corrected chi connectivity index (χ1v) is 12.7. The Bertz CT molecular complexity index is 1330. The third-order valence-electron chi connectivity index (χ3n) is 7.26. The summed E-state index contributed by atoms with van der Waals surface area (Å²) in [5, 5.41) is 9.94. The predicted octanol–water partition coefficient (Wildman–Crippen LogP) is 5.09. The summed E-state index contributed by atoms with van der Waals surface area (Å²) in [5.41, 5.74) is 1.48. The Morgan fingerprint density at radius 3 is 2.45 bits per heavy atom. The third kappa shape index (κ3) is 5.97. The van der Waals surface area contributed by atoms with Gasteiger partial charge in [-0.2, -0.15) is 13.2 Å². The average molecular weight is 568 g/mol. The molecule has 0 bridgehead atoms. The monoisotopic (exact) mass is 567 g/mol. The molecule has 2 unspecified atom stereocenters. The van der Waals surface area contributed by atoms with Crippen LogP contribution in [0.15, 0.2) is 66.9 Å². The van der Waals surface area contributed by atoms with Gasteiger partial charge in [-0.25, -0.2) is 4.98 Å². The maximum atomic E-state index is 13.4. The van der Waals surface area contributed by atoms with E-state index in [1.807, 2.05) is 11.0 Å². The van der Waals surface area contributed by atoms with Crippen LogP contribution < -0.4 is 14.5 Å². The molecule has 12 heteroatoms. The van der Waals surface area contributed by atoms with Gasteiger partial charge in [0.1, 0.15) is 11.6 Å². The summed E-state index contributed by atoms with van der Waals surface area (Å²) in [6.45, 7) is 1.63. The van der Waals surface area contributed by atoms with E-state index in [0.717, 1.165) is 5.56 Å². The molecule has 0 aliphatic carbocycles. The number of pyridine rings is 1. The first kappa shape index (κ1) is 28.0. The first-order chi connectivity index (χ1) is 18.9. The van der Waals surface area contributed by atoms with Crippen LogP contribution in [-0.2, 0) is 16.6 Å². The van der Waals surface area contributed by atoms with Crippen molar-refractivity contribution in [3.8, 4) is 5.75 Å². The molecular weight excluding hydrogens is 540 g/mol. The van der Waals surface area contributed by atoms with Gasteiger partial charge in [-0.15, -0.1) is 13.2 Å². The molecule has 1 aromatic heterocycles. The number of ether oxygens (including phenoxy) is 2. The SMILES string of the molecule is OC(CN1CC(Cc2cccc(OC(F)(F)F)c2)(c2ccnc(N3CCOCC3)c2)c2ccccc21)C(F)(F)F. The summed E-state index contributed by atoms with van der Waals surface area (Å²) in [6, 6.07) is 16.2. The van der Waals surface area contributed by atoms with Crippen LogP contribution in [-0.4, -0.2) is 68.1 Å². The van der Waals surface area contributed by atoms with Crippen LogP contribution in [0.25, 0.3) is 0 Å². The Morgan fingerprint density at radius 1 is 0.975 bits per heavy atom. The van der Waals surface area contributed by atoms with Crippen molar-refractivity contribution in [3.05, 3.63) is 83.6 Å². The van der Waals surface area contributed by atoms with Crippen LogP contribution in [0.4, 0.5) is 37.8 Å². The van der Waals surface area contributed by atoms with Gasteiger partial charge in [0.25, 0.3) is 0 Å². The smallest absolute Gasteiger partial charge is 0.406 e. The Balaban J connectivity index is 1.60. The number of rotatable bonds is 7. The number of fused-ring (bicyclic) bond motifs is 1. The maximum absolute atomic E-state index is 13.4. The minimum absolute atomic E-state index is 0.0520. The number of β-amino-alcohol motifs (C(OH)–C–C–N with tert-alkyl or cyclic N) is 1. The highest BCUT2D eigenvalue weighted by atomic mass is 19.4. The van der Waals surface area contributed by atoms with Crippen molar-refractivity contribution in [1.29, 1.82) is 0 Å². The van der Waals surface area contributed by atoms with Crippen molar-refractivity contribution in [1.82, 2.24) is 4.98 Å². The van der Waals surface area contributed by atoms with Gasteiger partial charge in [-0.05, 0) is 53.4 Å². The van der Waals surface area contributed by atoms with Gasteiger partial charge in [0, 0.05) is 36.9 Å². The highest BCUT2D eigenvalue weighted by Gasteiger charge is 2.47. The van der Waals surface area contributed by atoms with Gasteiger partial charge < -0.3 is 24.4 Å². The van der Waals surface area contributed by atoms with Gasteiger partial charge in [0.05, 0.1) is 19.8 Å². The Kier molecular flexibility index (Phi) is 7.58. The van der Waals surface area contributed by atoms with Crippen LogP contribution in [0, 0.1) is 0 Å². The summed E-state index contributed by atoms with van der Waals surface area (Å²) in [4.78, 5) is 8.04. The number of morpholine rings is 1. The van der Waals surface area contributed by atoms with Gasteiger partial charge >= 0.3 is 12.5 Å². The van der Waals surface area contributed by atoms with Crippen LogP contribution >= 0.6 is 0 Å². The van der Waals surface area contributed by atoms with E-state index in [1.54, 1.807) is 42.6 Å². The molecule has 2 atom stereocenters. The average Bonchev–Trinajstić information content (AvgIpc) is 3.22. The zero-order valence-electron chi connectivity index (χ0n) is 21.3. The number of hydrogen-bond donors (Lipinski definition) is 1. The zero-order chi connectivity index (χ0) is 28.5. The van der Waals surface area contributed by atoms with E-state index < -0.39 is 30.6 Å². The molecular formula is C28H27F6N3O3. The Hall–Kier alpha value is -3.51. The van der Waals surface area contributed by atoms with Crippen molar-refractivity contribution in [2.75, 3.05) is 49.2 Å². The molecule has 3 aromatic rings. The van der Waals surface area contributed by atoms with E-state index in [0.29, 0.717) is 48.9 Å². The molecule has 2 aliphatic rings. The van der Waals surface area contributed by atoms with Crippen LogP contribution in [0.3, 0.4) is 0 Å². The molecule has 2 aliphatic heterocycles. The van der Waals surface area contributed by atoms with Crippen molar-refractivity contribution in [2.24, 2.45) is 0 Å². The summed E-state index contributed by atoms with van der Waals surface area (Å²) in [5.74, 6) is 0.278. The molecule has 1 N–H and O–H groups in total. The lowest BCUT2D eigenvalue weighted by molar-refractivity contribution is -0.274. The molecule has 0 saturated carbocycles. The molecule has 0 radical (unpaired) electrons. The van der Waals surface area contributed by atoms with Crippen molar-refractivity contribution in [3.63, 3.8) is 0 Å². The number of hydrogen-bond acceptors (Lipinski definition) is 6. The van der Waals surface area contributed by atoms with Crippen molar-refractivity contribution in [2.45, 2.75) is 30.5 Å². The number of anilines is 2. The normalized spacial score (nSPS) is 20.4. The van der Waals surface area contributed by atoms with Gasteiger partial charge in [0.15, 0.2) is 6.10 Å². The highest BCUT2D eigenvalue weighted by molar-refractivity contribution is 5.67. The summed E-state index contributed by atoms with van der Waals surface area (Å²) in [7, 11) is 0. The Morgan fingerprint density at radius 2 is 1.73 bits per heavy atom. The number of aromatic nitrogens is 1. The fraction of sp³-hybridized carbons (Fsp3) is 0.393. The topological polar surface area (TPSA) is 58.1 Å². The second-order valence-corrected chi connectivity index (χ2v) is 9.91. The van der Waals surface area contributed by atoms with E-state index in [-0.39, 0.29) is 18.7 Å². The molecule has 6 nitrogen and oxygen atoms in total. The second-order valence-electron chi connectivity index (χ2n) is 9.91. The lowest BCUT2D eigenvalue weighted by Gasteiger charge is -2.34. The molecule has 0 amide bonds. The van der Waals surface area contributed by atoms with Gasteiger partial charge in [-0.1, -0.05) is 30.3 Å². The Labute approximate surface area is 226 Å². The second kappa shape index (κ2) is 10.8. The molecule has 3 heterocycles. The van der Waals surface area contributed by atoms with E-state index in [2.05, 4.69) is 9.72 Å². The van der Waals surface area contributed by atoms with Gasteiger partial charge in [-0.3, -0.25) is 0 Å². The van der Waals surface area contributed by atoms with Crippen molar-refractivity contribution >= 4 is 11.5 Å². The number of aliphatic hydroxyl groups excluding tert-OH is 1. The molecule has 40 heavy (non-hydrogen) atoms. The molecule has 0 spiro atoms. The third-order valence-corrected chi connectivity index (χ3v) is 7.26. The van der Waals surface area contributed by atoms with E-state index in [4.69, 9.17) is 4.74 Å². The minimum Gasteiger partial charge on any atom is -0.406 e. The lowest BCUT2D eigenvalue weighted by atomic mass is 9.72. The van der Waals surface area contributed by atoms with Crippen molar-refractivity contribution < 1.29 is 40.9 Å². The number of aliphatic hydroxyl groups is 1. The standard InChI is InChI=1S/C28H27F6N3O3/c29-27(30,31)24(38)17-37-18-26(22-6-1-2-7-23(22)37,16-19-4-3-5-21(14-19)40-28(32,33)34)20-8-9-35-25(15-20)36-10-12-39-13-11-36/h1-9,14-15,24,38H,10-13,16-18H2. The van der Waals surface area contributed by atoms with E-state index in [9.17, 15) is 31.4 Å². The zero-order valence-corrected chi connectivity index (χ0v) is 21.3. The number of para-hydroxylation sites is 1. The number of benzene rings is 2. The number of nitrogens with zero attached hydrogens (tertiary/aromatic N) is 3. The summed E-state index contributed by atoms with van der Waals surface area (Å²) < 4.78 is 88.5. The maximum Gasteiger partial charge on any atom is 0.573 e. The number of halogens is 6. The van der Waals surface area contributed by atoms with Crippen LogP contribution in [0.5, 0.6) is 5.75 Å². The summed E-state index contributed by atoms with van der Waals surface area (Å²) >= 11 is 0. The van der Waals surface area contributed by atoms with E-state index in [1.165, 1.54) is 23.1 Å². The molecule has 5 rings (SSSR count). The molecule has 214 valence electrons. The summed E-state index contributed by atoms with van der Waals surface area (Å²) in [6.07, 6.45) is -10.5. The lowest BCUT2D eigenvalue weighted by Crippen LogP contribution is -2.44. The minimum atomic E-state index is -4.88. The fourth-order valence-corrected chi connectivity index (χ4v) is 5.51. The predicted molar refractivity (Wildman–Crippen MR) is 136 cm³/mol. The van der Waals surface area contributed by atoms with Gasteiger partial charge in [0.2, 0.25) is 0 Å². The quantitative estimate of drug-likeness (QED) is 0.402. The fourth-order valence-electron chi connectivity index (χ4n) is 5.51. The molecule has 2 aromatic carbocycles. The van der Waals surface area contributed by atoms with E-state index >= 15 is 0 Å². The highest BCUT2D eigenvalue weighted by Crippen LogP contribution is 2.48. The molecule has 1 saturated heterocycles. The van der Waals surface area contributed by atoms with Crippen LogP contribution in [0.1, 0.15) is 16.7 Å². The number of alkyl halides is 6. The van der Waals surface area contributed by atoms with Crippen LogP contribution in [0.2, 0.25) is 0 Å².